The predicted octanol–water partition coefficient (Wildman–Crippen LogP) is 3.08. The van der Waals surface area contributed by atoms with Crippen molar-refractivity contribution in [2.75, 3.05) is 5.32 Å². The molecule has 0 bridgehead atoms. The highest BCUT2D eigenvalue weighted by molar-refractivity contribution is 5.79. The van der Waals surface area contributed by atoms with Gasteiger partial charge in [-0.3, -0.25) is 0 Å². The number of rotatable bonds is 2. The van der Waals surface area contributed by atoms with Crippen molar-refractivity contribution in [3.8, 4) is 5.75 Å². The van der Waals surface area contributed by atoms with E-state index in [1.165, 1.54) is 0 Å². The van der Waals surface area contributed by atoms with E-state index in [-0.39, 0.29) is 5.75 Å². The molecule has 0 saturated heterocycles. The van der Waals surface area contributed by atoms with E-state index < -0.39 is 0 Å². The second-order valence-corrected chi connectivity index (χ2v) is 3.89. The first-order valence-corrected chi connectivity index (χ1v) is 5.60. The standard InChI is InChI=1S/C14H11N3O/c18-13-8-4-3-7-12(13)17-14-15-9-10-5-1-2-6-11(10)16-14/h1-9,18H,(H,15,16,17). The van der Waals surface area contributed by atoms with Crippen LogP contribution in [0.15, 0.2) is 54.7 Å². The number of anilines is 2. The van der Waals surface area contributed by atoms with Gasteiger partial charge in [-0.2, -0.15) is 0 Å². The minimum absolute atomic E-state index is 0.175. The third-order valence-corrected chi connectivity index (χ3v) is 2.64. The number of phenols is 1. The van der Waals surface area contributed by atoms with Gasteiger partial charge < -0.3 is 10.4 Å². The molecule has 0 unspecified atom stereocenters. The number of para-hydroxylation sites is 3. The Hall–Kier alpha value is -2.62. The van der Waals surface area contributed by atoms with Crippen LogP contribution >= 0.6 is 0 Å². The third-order valence-electron chi connectivity index (χ3n) is 2.64. The number of fused-ring (bicyclic) bond motifs is 1. The van der Waals surface area contributed by atoms with Crippen LogP contribution in [0, 0.1) is 0 Å². The molecule has 4 heteroatoms. The quantitative estimate of drug-likeness (QED) is 0.672. The van der Waals surface area contributed by atoms with Crippen molar-refractivity contribution in [1.29, 1.82) is 0 Å². The monoisotopic (exact) mass is 237 g/mol. The Morgan fingerprint density at radius 2 is 1.72 bits per heavy atom. The van der Waals surface area contributed by atoms with Crippen molar-refractivity contribution in [1.82, 2.24) is 9.97 Å². The second-order valence-electron chi connectivity index (χ2n) is 3.89. The number of nitrogens with one attached hydrogen (secondary N) is 1. The molecule has 1 heterocycles. The molecule has 3 rings (SSSR count). The molecule has 18 heavy (non-hydrogen) atoms. The lowest BCUT2D eigenvalue weighted by atomic mass is 10.2. The van der Waals surface area contributed by atoms with Gasteiger partial charge in [-0.05, 0) is 18.2 Å². The van der Waals surface area contributed by atoms with Gasteiger partial charge >= 0.3 is 0 Å². The molecule has 3 aromatic rings. The molecule has 0 aliphatic carbocycles. The van der Waals surface area contributed by atoms with Gasteiger partial charge in [0.05, 0.1) is 11.2 Å². The zero-order valence-electron chi connectivity index (χ0n) is 9.54. The summed E-state index contributed by atoms with van der Waals surface area (Å²) in [6, 6.07) is 14.7. The second kappa shape index (κ2) is 4.33. The van der Waals surface area contributed by atoms with Gasteiger partial charge in [0.2, 0.25) is 5.95 Å². The van der Waals surface area contributed by atoms with Gasteiger partial charge in [-0.15, -0.1) is 0 Å². The first-order chi connectivity index (χ1) is 8.83. The number of hydrogen-bond donors (Lipinski definition) is 2. The Kier molecular flexibility index (Phi) is 2.53. The average Bonchev–Trinajstić information content (AvgIpc) is 2.41. The maximum absolute atomic E-state index is 9.67. The van der Waals surface area contributed by atoms with Crippen molar-refractivity contribution >= 4 is 22.5 Å². The summed E-state index contributed by atoms with van der Waals surface area (Å²) in [7, 11) is 0. The summed E-state index contributed by atoms with van der Waals surface area (Å²) in [4.78, 5) is 8.59. The Labute approximate surface area is 104 Å². The summed E-state index contributed by atoms with van der Waals surface area (Å²) in [5.74, 6) is 0.643. The number of phenolic OH excluding ortho intramolecular Hbond substituents is 1. The molecule has 0 amide bonds. The Morgan fingerprint density at radius 1 is 0.944 bits per heavy atom. The fourth-order valence-electron chi connectivity index (χ4n) is 1.73. The molecule has 4 nitrogen and oxygen atoms in total. The van der Waals surface area contributed by atoms with Crippen LogP contribution < -0.4 is 5.32 Å². The highest BCUT2D eigenvalue weighted by Crippen LogP contribution is 2.24. The normalized spacial score (nSPS) is 10.4. The van der Waals surface area contributed by atoms with Gasteiger partial charge in [-0.25, -0.2) is 9.97 Å². The predicted molar refractivity (Wildman–Crippen MR) is 70.9 cm³/mol. The molecule has 1 aromatic heterocycles. The average molecular weight is 237 g/mol. The Balaban J connectivity index is 1.98. The van der Waals surface area contributed by atoms with E-state index >= 15 is 0 Å². The van der Waals surface area contributed by atoms with Gasteiger partial charge in [0.25, 0.3) is 0 Å². The van der Waals surface area contributed by atoms with Crippen LogP contribution in [0.1, 0.15) is 0 Å². The van der Waals surface area contributed by atoms with Crippen molar-refractivity contribution in [2.45, 2.75) is 0 Å². The molecule has 0 aliphatic rings. The molecule has 88 valence electrons. The first kappa shape index (κ1) is 10.5. The molecule has 0 radical (unpaired) electrons. The van der Waals surface area contributed by atoms with Crippen LogP contribution in [0.5, 0.6) is 5.75 Å². The maximum Gasteiger partial charge on any atom is 0.227 e. The molecular weight excluding hydrogens is 226 g/mol. The van der Waals surface area contributed by atoms with E-state index in [2.05, 4.69) is 15.3 Å². The van der Waals surface area contributed by atoms with Crippen molar-refractivity contribution in [3.05, 3.63) is 54.7 Å². The number of benzene rings is 2. The van der Waals surface area contributed by atoms with E-state index in [0.29, 0.717) is 11.6 Å². The summed E-state index contributed by atoms with van der Waals surface area (Å²) in [5.41, 5.74) is 1.46. The van der Waals surface area contributed by atoms with Crippen molar-refractivity contribution in [3.63, 3.8) is 0 Å². The molecule has 0 atom stereocenters. The van der Waals surface area contributed by atoms with Crippen LogP contribution in [-0.2, 0) is 0 Å². The molecule has 2 N–H and O–H groups in total. The molecular formula is C14H11N3O. The number of hydrogen-bond acceptors (Lipinski definition) is 4. The molecule has 0 saturated carbocycles. The van der Waals surface area contributed by atoms with E-state index in [4.69, 9.17) is 0 Å². The Bertz CT molecular complexity index is 697. The van der Waals surface area contributed by atoms with E-state index in [9.17, 15) is 5.11 Å². The van der Waals surface area contributed by atoms with Gasteiger partial charge in [-0.1, -0.05) is 30.3 Å². The zero-order chi connectivity index (χ0) is 12.4. The molecule has 0 fully saturated rings. The molecule has 0 aliphatic heterocycles. The Morgan fingerprint density at radius 3 is 2.61 bits per heavy atom. The zero-order valence-corrected chi connectivity index (χ0v) is 9.54. The fourth-order valence-corrected chi connectivity index (χ4v) is 1.73. The molecule has 0 spiro atoms. The lowest BCUT2D eigenvalue weighted by molar-refractivity contribution is 0.477. The largest absolute Gasteiger partial charge is 0.506 e. The summed E-state index contributed by atoms with van der Waals surface area (Å²) in [6.45, 7) is 0. The number of aromatic hydroxyl groups is 1. The van der Waals surface area contributed by atoms with Crippen LogP contribution in [-0.4, -0.2) is 15.1 Å². The van der Waals surface area contributed by atoms with Crippen molar-refractivity contribution in [2.24, 2.45) is 0 Å². The third kappa shape index (κ3) is 1.96. The van der Waals surface area contributed by atoms with Crippen LogP contribution in [0.3, 0.4) is 0 Å². The minimum atomic E-state index is 0.175. The highest BCUT2D eigenvalue weighted by Gasteiger charge is 2.03. The lowest BCUT2D eigenvalue weighted by Gasteiger charge is -2.06. The minimum Gasteiger partial charge on any atom is -0.506 e. The maximum atomic E-state index is 9.67. The summed E-state index contributed by atoms with van der Waals surface area (Å²) < 4.78 is 0. The number of aromatic nitrogens is 2. The van der Waals surface area contributed by atoms with Crippen LogP contribution in [0.4, 0.5) is 11.6 Å². The van der Waals surface area contributed by atoms with Gasteiger partial charge in [0.15, 0.2) is 0 Å². The van der Waals surface area contributed by atoms with E-state index in [0.717, 1.165) is 10.9 Å². The smallest absolute Gasteiger partial charge is 0.227 e. The summed E-state index contributed by atoms with van der Waals surface area (Å²) in [6.07, 6.45) is 1.75. The van der Waals surface area contributed by atoms with Gasteiger partial charge in [0.1, 0.15) is 5.75 Å². The topological polar surface area (TPSA) is 58.0 Å². The highest BCUT2D eigenvalue weighted by atomic mass is 16.3. The van der Waals surface area contributed by atoms with Crippen LogP contribution in [0.25, 0.3) is 10.9 Å². The van der Waals surface area contributed by atoms with E-state index in [1.807, 2.05) is 30.3 Å². The first-order valence-electron chi connectivity index (χ1n) is 5.60. The lowest BCUT2D eigenvalue weighted by Crippen LogP contribution is -1.97. The van der Waals surface area contributed by atoms with Crippen molar-refractivity contribution < 1.29 is 5.11 Å². The van der Waals surface area contributed by atoms with Gasteiger partial charge in [0, 0.05) is 11.6 Å². The summed E-state index contributed by atoms with van der Waals surface area (Å²) in [5, 5.41) is 13.6. The molecule has 2 aromatic carbocycles. The fraction of sp³-hybridized carbons (Fsp3) is 0. The SMILES string of the molecule is Oc1ccccc1Nc1ncc2ccccc2n1. The number of nitrogens with zero attached hydrogens (tertiary/aromatic N) is 2. The summed E-state index contributed by atoms with van der Waals surface area (Å²) >= 11 is 0. The van der Waals surface area contributed by atoms with E-state index in [1.54, 1.807) is 24.4 Å². The van der Waals surface area contributed by atoms with Crippen LogP contribution in [0.2, 0.25) is 0 Å².